The van der Waals surface area contributed by atoms with E-state index < -0.39 is 11.6 Å². The molecule has 2 aliphatic rings. The van der Waals surface area contributed by atoms with Crippen molar-refractivity contribution in [3.63, 3.8) is 0 Å². The molecule has 3 atom stereocenters. The minimum Gasteiger partial charge on any atom is -0.478 e. The molecule has 0 aromatic heterocycles. The first-order valence-corrected chi connectivity index (χ1v) is 12.4. The van der Waals surface area contributed by atoms with Crippen LogP contribution in [0, 0.1) is 17.8 Å². The van der Waals surface area contributed by atoms with Gasteiger partial charge in [0, 0.05) is 36.4 Å². The van der Waals surface area contributed by atoms with E-state index >= 15 is 0 Å². The minimum absolute atomic E-state index is 0.0134. The van der Waals surface area contributed by atoms with Crippen LogP contribution in [0.1, 0.15) is 51.4 Å². The molecule has 1 aliphatic heterocycles. The van der Waals surface area contributed by atoms with Gasteiger partial charge in [0.15, 0.2) is 11.4 Å². The van der Waals surface area contributed by atoms with Crippen LogP contribution in [-0.4, -0.2) is 52.6 Å². The Hall–Kier alpha value is -2.54. The number of likely N-dealkylation sites (tertiary alicyclic amines) is 1. The first kappa shape index (κ1) is 25.1. The topological polar surface area (TPSA) is 83.9 Å². The summed E-state index contributed by atoms with van der Waals surface area (Å²) in [5, 5.41) is 9.44. The van der Waals surface area contributed by atoms with Gasteiger partial charge in [0.2, 0.25) is 5.91 Å². The van der Waals surface area contributed by atoms with Crippen LogP contribution in [0.5, 0.6) is 0 Å². The van der Waals surface area contributed by atoms with E-state index in [1.165, 1.54) is 13.8 Å². The van der Waals surface area contributed by atoms with Gasteiger partial charge in [-0.1, -0.05) is 18.2 Å². The summed E-state index contributed by atoms with van der Waals surface area (Å²) in [4.78, 5) is 40.1. The molecule has 1 fully saturated rings. The quantitative estimate of drug-likeness (QED) is 0.454. The lowest BCUT2D eigenvalue weighted by Crippen LogP contribution is -2.36. The molecule has 3 rings (SSSR count). The summed E-state index contributed by atoms with van der Waals surface area (Å²) in [6.45, 7) is 9.44. The molecule has 1 saturated heterocycles. The van der Waals surface area contributed by atoms with E-state index in [9.17, 15) is 19.5 Å². The number of carboxylic acid groups (broad SMARTS) is 1. The predicted octanol–water partition coefficient (Wildman–Crippen LogP) is 4.81. The molecule has 0 saturated carbocycles. The number of ether oxygens (including phenoxy) is 1. The molecule has 0 radical (unpaired) electrons. The van der Waals surface area contributed by atoms with E-state index in [0.29, 0.717) is 30.8 Å². The third-order valence-corrected chi connectivity index (χ3v) is 7.44. The van der Waals surface area contributed by atoms with Crippen LogP contribution in [0.2, 0.25) is 0 Å². The summed E-state index contributed by atoms with van der Waals surface area (Å²) in [5.41, 5.74) is 1.17. The highest BCUT2D eigenvalue weighted by Crippen LogP contribution is 2.41. The van der Waals surface area contributed by atoms with Crippen LogP contribution in [0.25, 0.3) is 0 Å². The monoisotopic (exact) mass is 471 g/mol. The molecule has 0 spiro atoms. The molecule has 7 heteroatoms. The molecule has 0 bridgehead atoms. The first-order chi connectivity index (χ1) is 15.4. The summed E-state index contributed by atoms with van der Waals surface area (Å²) in [7, 11) is 0. The molecule has 1 N–H and O–H groups in total. The molecule has 1 unspecified atom stereocenters. The van der Waals surface area contributed by atoms with Crippen molar-refractivity contribution >= 4 is 29.4 Å². The second-order valence-corrected chi connectivity index (χ2v) is 10.4. The van der Waals surface area contributed by atoms with E-state index in [2.05, 4.69) is 6.08 Å². The van der Waals surface area contributed by atoms with Crippen molar-refractivity contribution in [1.29, 1.82) is 0 Å². The Morgan fingerprint density at radius 3 is 2.27 bits per heavy atom. The number of rotatable bonds is 7. The number of carboxylic acids is 1. The van der Waals surface area contributed by atoms with Crippen molar-refractivity contribution < 1.29 is 24.2 Å². The number of allylic oxidation sites excluding steroid dienone is 3. The molecule has 1 heterocycles. The summed E-state index contributed by atoms with van der Waals surface area (Å²) >= 11 is 1.63. The smallest absolute Gasteiger partial charge is 0.347 e. The van der Waals surface area contributed by atoms with Crippen LogP contribution < -0.4 is 0 Å². The van der Waals surface area contributed by atoms with Gasteiger partial charge in [-0.2, -0.15) is 0 Å². The minimum atomic E-state index is -1.33. The maximum Gasteiger partial charge on any atom is 0.347 e. The standard InChI is InChI=1S/C26H33NO5S/c1-15-11-19(12-16(2)24(15)32-26(4,5)25(30)31)21-13-27(17(3)28)14-22(21)23(29)18-7-9-20(33-6)10-8-18/h7-11,19,21-22H,12-14H2,1-6H3,(H,30,31)/t19?,21-,22+/m0/s1. The molecular weight excluding hydrogens is 438 g/mol. The normalized spacial score (nSPS) is 23.4. The van der Waals surface area contributed by atoms with Gasteiger partial charge in [-0.15, -0.1) is 11.8 Å². The highest BCUT2D eigenvalue weighted by atomic mass is 32.2. The Kier molecular flexibility index (Phi) is 7.42. The summed E-state index contributed by atoms with van der Waals surface area (Å²) in [5.74, 6) is -0.606. The summed E-state index contributed by atoms with van der Waals surface area (Å²) in [6, 6.07) is 7.65. The molecule has 33 heavy (non-hydrogen) atoms. The average Bonchev–Trinajstić information content (AvgIpc) is 3.21. The van der Waals surface area contributed by atoms with Crippen LogP contribution in [0.4, 0.5) is 0 Å². The van der Waals surface area contributed by atoms with E-state index in [-0.39, 0.29) is 29.4 Å². The zero-order valence-corrected chi connectivity index (χ0v) is 21.0. The molecule has 6 nitrogen and oxygen atoms in total. The van der Waals surface area contributed by atoms with Crippen molar-refractivity contribution in [2.24, 2.45) is 17.8 Å². The SMILES string of the molecule is CSc1ccc(C(=O)[C@@H]2CN(C(C)=O)C[C@H]2C2C=C(C)C(OC(C)(C)C(=O)O)=C(C)C2)cc1. The van der Waals surface area contributed by atoms with Crippen LogP contribution in [0.3, 0.4) is 0 Å². The number of ketones is 1. The second kappa shape index (κ2) is 9.75. The lowest BCUT2D eigenvalue weighted by Gasteiger charge is -2.33. The highest BCUT2D eigenvalue weighted by Gasteiger charge is 2.43. The Morgan fingerprint density at radius 1 is 1.12 bits per heavy atom. The number of aliphatic carboxylic acids is 1. The number of hydrogen-bond acceptors (Lipinski definition) is 5. The van der Waals surface area contributed by atoms with E-state index in [4.69, 9.17) is 4.74 Å². The van der Waals surface area contributed by atoms with E-state index in [0.717, 1.165) is 16.0 Å². The van der Waals surface area contributed by atoms with Crippen molar-refractivity contribution in [3.8, 4) is 0 Å². The number of nitrogens with zero attached hydrogens (tertiary/aromatic N) is 1. The van der Waals surface area contributed by atoms with Crippen molar-refractivity contribution in [2.45, 2.75) is 51.5 Å². The summed E-state index contributed by atoms with van der Waals surface area (Å²) < 4.78 is 5.88. The van der Waals surface area contributed by atoms with Crippen LogP contribution in [0.15, 0.2) is 52.1 Å². The molecule has 1 aromatic carbocycles. The van der Waals surface area contributed by atoms with Crippen molar-refractivity contribution in [1.82, 2.24) is 4.90 Å². The number of carbonyl (C=O) groups is 3. The van der Waals surface area contributed by atoms with Crippen molar-refractivity contribution in [2.75, 3.05) is 19.3 Å². The lowest BCUT2D eigenvalue weighted by molar-refractivity contribution is -0.156. The number of amides is 1. The van der Waals surface area contributed by atoms with Gasteiger partial charge in [0.1, 0.15) is 5.76 Å². The van der Waals surface area contributed by atoms with Crippen molar-refractivity contribution in [3.05, 3.63) is 52.8 Å². The Morgan fingerprint density at radius 2 is 1.76 bits per heavy atom. The van der Waals surface area contributed by atoms with Crippen LogP contribution >= 0.6 is 11.8 Å². The second-order valence-electron chi connectivity index (χ2n) is 9.53. The average molecular weight is 472 g/mol. The number of carbonyl (C=O) groups excluding carboxylic acids is 2. The first-order valence-electron chi connectivity index (χ1n) is 11.2. The fraction of sp³-hybridized carbons (Fsp3) is 0.500. The van der Waals surface area contributed by atoms with Gasteiger partial charge in [-0.3, -0.25) is 9.59 Å². The lowest BCUT2D eigenvalue weighted by atomic mass is 9.74. The number of Topliss-reactive ketones (excluding diaryl/α,β-unsaturated/α-hetero) is 1. The summed E-state index contributed by atoms with van der Waals surface area (Å²) in [6.07, 6.45) is 4.75. The fourth-order valence-corrected chi connectivity index (χ4v) is 5.15. The van der Waals surface area contributed by atoms with Gasteiger partial charge in [-0.05, 0) is 75.5 Å². The number of hydrogen-bond donors (Lipinski definition) is 1. The maximum absolute atomic E-state index is 13.5. The molecule has 1 aromatic rings. The zero-order valence-electron chi connectivity index (χ0n) is 20.2. The fourth-order valence-electron chi connectivity index (χ4n) is 4.75. The van der Waals surface area contributed by atoms with Crippen LogP contribution in [-0.2, 0) is 14.3 Å². The van der Waals surface area contributed by atoms with Gasteiger partial charge >= 0.3 is 5.97 Å². The number of thioether (sulfide) groups is 1. The highest BCUT2D eigenvalue weighted by molar-refractivity contribution is 7.98. The predicted molar refractivity (Wildman–Crippen MR) is 129 cm³/mol. The Balaban J connectivity index is 1.87. The number of benzene rings is 1. The third kappa shape index (κ3) is 5.35. The zero-order chi connectivity index (χ0) is 24.5. The van der Waals surface area contributed by atoms with E-state index in [1.807, 2.05) is 44.4 Å². The molecular formula is C26H33NO5S. The van der Waals surface area contributed by atoms with Gasteiger partial charge < -0.3 is 14.7 Å². The van der Waals surface area contributed by atoms with Gasteiger partial charge in [0.05, 0.1) is 0 Å². The molecule has 1 amide bonds. The van der Waals surface area contributed by atoms with E-state index in [1.54, 1.807) is 23.6 Å². The van der Waals surface area contributed by atoms with Gasteiger partial charge in [0.25, 0.3) is 0 Å². The Labute approximate surface area is 200 Å². The largest absolute Gasteiger partial charge is 0.478 e. The van der Waals surface area contributed by atoms with Gasteiger partial charge in [-0.25, -0.2) is 4.79 Å². The molecule has 1 aliphatic carbocycles. The Bertz CT molecular complexity index is 1010. The maximum atomic E-state index is 13.5. The molecule has 178 valence electrons. The third-order valence-electron chi connectivity index (χ3n) is 6.70.